The molecule has 0 aliphatic heterocycles. The summed E-state index contributed by atoms with van der Waals surface area (Å²) in [6.07, 6.45) is 15.2. The minimum atomic E-state index is -3.70. The number of benzene rings is 1. The van der Waals surface area contributed by atoms with Gasteiger partial charge in [-0.1, -0.05) is 71.6 Å². The summed E-state index contributed by atoms with van der Waals surface area (Å²) >= 11 is 0. The third kappa shape index (κ3) is 5.27. The second kappa shape index (κ2) is 10.8. The minimum Gasteiger partial charge on any atom is -0.263 e. The first kappa shape index (κ1) is 28.7. The van der Waals surface area contributed by atoms with E-state index in [-0.39, 0.29) is 6.10 Å². The van der Waals surface area contributed by atoms with Gasteiger partial charge in [-0.3, -0.25) is 4.18 Å². The lowest BCUT2D eigenvalue weighted by atomic mass is 9.44. The van der Waals surface area contributed by atoms with Crippen LogP contribution < -0.4 is 0 Å². The van der Waals surface area contributed by atoms with Gasteiger partial charge >= 0.3 is 0 Å². The average Bonchev–Trinajstić information content (AvgIpc) is 3.21. The van der Waals surface area contributed by atoms with Crippen LogP contribution in [0.25, 0.3) is 0 Å². The van der Waals surface area contributed by atoms with E-state index in [2.05, 4.69) is 34.6 Å². The predicted molar refractivity (Wildman–Crippen MR) is 156 cm³/mol. The normalized spacial score (nSPS) is 39.9. The molecule has 0 radical (unpaired) electrons. The highest BCUT2D eigenvalue weighted by atomic mass is 32.2. The van der Waals surface area contributed by atoms with E-state index in [4.69, 9.17) is 4.18 Å². The van der Waals surface area contributed by atoms with Crippen molar-refractivity contribution < 1.29 is 12.6 Å². The van der Waals surface area contributed by atoms with Gasteiger partial charge in [0.05, 0.1) is 11.0 Å². The van der Waals surface area contributed by atoms with Crippen molar-refractivity contribution in [2.75, 3.05) is 0 Å². The van der Waals surface area contributed by atoms with Crippen LogP contribution in [0.5, 0.6) is 0 Å². The second-order valence-corrected chi connectivity index (χ2v) is 16.5. The van der Waals surface area contributed by atoms with Crippen molar-refractivity contribution in [3.63, 3.8) is 0 Å². The van der Waals surface area contributed by atoms with E-state index in [0.717, 1.165) is 60.3 Å². The summed E-state index contributed by atoms with van der Waals surface area (Å²) in [6, 6.07) is 7.07. The molecule has 1 aromatic rings. The lowest BCUT2D eigenvalue weighted by molar-refractivity contribution is -0.126. The number of rotatable bonds is 8. The Balaban J connectivity index is 1.24. The molecule has 0 heterocycles. The molecular weight excluding hydrogens is 488 g/mol. The Hall–Kier alpha value is -0.870. The van der Waals surface area contributed by atoms with Crippen molar-refractivity contribution in [3.8, 4) is 0 Å². The molecule has 9 atom stereocenters. The molecule has 0 aromatic heterocycles. The van der Waals surface area contributed by atoms with Crippen LogP contribution >= 0.6 is 0 Å². The van der Waals surface area contributed by atoms with Gasteiger partial charge in [0.15, 0.2) is 0 Å². The molecule has 0 unspecified atom stereocenters. The Bertz CT molecular complexity index is 1060. The van der Waals surface area contributed by atoms with Gasteiger partial charge in [0.25, 0.3) is 10.1 Å². The van der Waals surface area contributed by atoms with Gasteiger partial charge in [0.2, 0.25) is 0 Å². The molecule has 4 aliphatic rings. The third-order valence-electron chi connectivity index (χ3n) is 12.4. The van der Waals surface area contributed by atoms with E-state index in [9.17, 15) is 8.42 Å². The minimum absolute atomic E-state index is 0.174. The summed E-state index contributed by atoms with van der Waals surface area (Å²) in [7, 11) is -3.70. The highest BCUT2D eigenvalue weighted by Gasteiger charge is 2.60. The largest absolute Gasteiger partial charge is 0.297 e. The molecule has 1 aromatic carbocycles. The molecule has 5 rings (SSSR count). The Kier molecular flexibility index (Phi) is 8.17. The van der Waals surface area contributed by atoms with Crippen LogP contribution in [-0.4, -0.2) is 14.5 Å². The highest BCUT2D eigenvalue weighted by molar-refractivity contribution is 7.86. The van der Waals surface area contributed by atoms with Crippen LogP contribution in [0, 0.1) is 59.2 Å². The van der Waals surface area contributed by atoms with Crippen molar-refractivity contribution in [3.05, 3.63) is 29.8 Å². The monoisotopic (exact) mass is 542 g/mol. The molecule has 3 nitrogen and oxygen atoms in total. The first-order valence-corrected chi connectivity index (χ1v) is 17.3. The zero-order valence-corrected chi connectivity index (χ0v) is 25.9. The van der Waals surface area contributed by atoms with Crippen LogP contribution in [0.15, 0.2) is 29.2 Å². The number of aryl methyl sites for hydroxylation is 1. The SMILES string of the molecule is Cc1ccc(S(=O)(=O)O[C@H]2CC[C@@]3(C)[C@@H](CC[C@@H]4[C@@H]3CC[C@]3(C)[C@@H]([C@@H](C)CCCC(C)C)CC[C@@H]43)C2)cc1. The van der Waals surface area contributed by atoms with Gasteiger partial charge in [-0.05, 0) is 129 Å². The van der Waals surface area contributed by atoms with Crippen molar-refractivity contribution in [1.29, 1.82) is 0 Å². The summed E-state index contributed by atoms with van der Waals surface area (Å²) in [5, 5.41) is 0. The summed E-state index contributed by atoms with van der Waals surface area (Å²) in [6.45, 7) is 14.5. The fourth-order valence-corrected chi connectivity index (χ4v) is 11.4. The molecule has 0 bridgehead atoms. The molecule has 0 N–H and O–H groups in total. The molecule has 4 fully saturated rings. The fraction of sp³-hybridized carbons (Fsp3) is 0.824. The third-order valence-corrected chi connectivity index (χ3v) is 13.8. The smallest absolute Gasteiger partial charge is 0.263 e. The van der Waals surface area contributed by atoms with E-state index in [1.54, 1.807) is 12.1 Å². The Labute approximate surface area is 234 Å². The van der Waals surface area contributed by atoms with Crippen molar-refractivity contribution in [2.24, 2.45) is 52.3 Å². The zero-order chi connectivity index (χ0) is 27.3. The standard InChI is InChI=1S/C34H54O3S/c1-23(2)8-7-9-25(4)30-16-17-31-29-15-12-26-22-27(37-38(35,36)28-13-10-24(3)11-14-28)18-20-33(26,5)32(29)19-21-34(30,31)6/h10-11,13-14,23,25-27,29-32H,7-9,12,15-22H2,1-6H3/t25-,26-,27-,29-,30+,31-,32-,33-,34+/m0/s1. The second-order valence-electron chi connectivity index (χ2n) is 14.9. The van der Waals surface area contributed by atoms with Gasteiger partial charge in [-0.2, -0.15) is 8.42 Å². The molecular formula is C34H54O3S. The van der Waals surface area contributed by atoms with E-state index >= 15 is 0 Å². The van der Waals surface area contributed by atoms with Crippen LogP contribution in [0.4, 0.5) is 0 Å². The molecule has 4 heteroatoms. The molecule has 214 valence electrons. The number of hydrogen-bond donors (Lipinski definition) is 0. The summed E-state index contributed by atoms with van der Waals surface area (Å²) in [4.78, 5) is 0.293. The summed E-state index contributed by atoms with van der Waals surface area (Å²) in [5.74, 6) is 5.75. The molecule has 4 saturated carbocycles. The molecule has 0 amide bonds. The lowest BCUT2D eigenvalue weighted by Crippen LogP contribution is -2.54. The first-order valence-electron chi connectivity index (χ1n) is 15.9. The van der Waals surface area contributed by atoms with Gasteiger partial charge < -0.3 is 0 Å². The Morgan fingerprint density at radius 1 is 0.868 bits per heavy atom. The van der Waals surface area contributed by atoms with Gasteiger partial charge in [0, 0.05) is 0 Å². The maximum Gasteiger partial charge on any atom is 0.297 e. The van der Waals surface area contributed by atoms with Crippen molar-refractivity contribution in [1.82, 2.24) is 0 Å². The predicted octanol–water partition coefficient (Wildman–Crippen LogP) is 9.19. The summed E-state index contributed by atoms with van der Waals surface area (Å²) < 4.78 is 31.9. The Morgan fingerprint density at radius 2 is 1.55 bits per heavy atom. The maximum atomic E-state index is 13.0. The fourth-order valence-electron chi connectivity index (χ4n) is 10.3. The number of hydrogen-bond acceptors (Lipinski definition) is 3. The highest BCUT2D eigenvalue weighted by Crippen LogP contribution is 2.68. The number of fused-ring (bicyclic) bond motifs is 5. The van der Waals surface area contributed by atoms with Crippen LogP contribution in [0.2, 0.25) is 0 Å². The van der Waals surface area contributed by atoms with Crippen LogP contribution in [-0.2, 0) is 14.3 Å². The molecule has 0 saturated heterocycles. The van der Waals surface area contributed by atoms with E-state index in [1.807, 2.05) is 19.1 Å². The molecule has 0 spiro atoms. The molecule has 4 aliphatic carbocycles. The zero-order valence-electron chi connectivity index (χ0n) is 25.0. The lowest BCUT2D eigenvalue weighted by Gasteiger charge is -2.61. The van der Waals surface area contributed by atoms with Crippen molar-refractivity contribution in [2.45, 2.75) is 130 Å². The van der Waals surface area contributed by atoms with Crippen LogP contribution in [0.1, 0.15) is 117 Å². The van der Waals surface area contributed by atoms with Crippen LogP contribution in [0.3, 0.4) is 0 Å². The maximum absolute atomic E-state index is 13.0. The molecule has 38 heavy (non-hydrogen) atoms. The quantitative estimate of drug-likeness (QED) is 0.308. The van der Waals surface area contributed by atoms with Crippen molar-refractivity contribution >= 4 is 10.1 Å². The van der Waals surface area contributed by atoms with E-state index < -0.39 is 10.1 Å². The Morgan fingerprint density at radius 3 is 2.26 bits per heavy atom. The first-order chi connectivity index (χ1) is 17.9. The van der Waals surface area contributed by atoms with Gasteiger partial charge in [-0.25, -0.2) is 0 Å². The van der Waals surface area contributed by atoms with E-state index in [1.165, 1.54) is 57.8 Å². The van der Waals surface area contributed by atoms with Gasteiger partial charge in [-0.15, -0.1) is 0 Å². The topological polar surface area (TPSA) is 43.4 Å². The average molecular weight is 543 g/mol. The summed E-state index contributed by atoms with van der Waals surface area (Å²) in [5.41, 5.74) is 1.94. The van der Waals surface area contributed by atoms with Gasteiger partial charge in [0.1, 0.15) is 0 Å². The van der Waals surface area contributed by atoms with E-state index in [0.29, 0.717) is 21.6 Å².